The maximum Gasteiger partial charge on any atom is 0.328 e. The van der Waals surface area contributed by atoms with Gasteiger partial charge in [0.15, 0.2) is 0 Å². The van der Waals surface area contributed by atoms with Gasteiger partial charge in [0.2, 0.25) is 21.8 Å². The van der Waals surface area contributed by atoms with Crippen molar-refractivity contribution in [3.63, 3.8) is 0 Å². The molecule has 3 rings (SSSR count). The second kappa shape index (κ2) is 11.6. The second-order valence-electron chi connectivity index (χ2n) is 9.52. The Morgan fingerprint density at radius 1 is 1.06 bits per heavy atom. The predicted octanol–water partition coefficient (Wildman–Crippen LogP) is 0.0866. The van der Waals surface area contributed by atoms with Crippen LogP contribution in [0.5, 0.6) is 0 Å². The summed E-state index contributed by atoms with van der Waals surface area (Å²) in [6.45, 7) is 1.67. The van der Waals surface area contributed by atoms with E-state index in [4.69, 9.17) is 4.74 Å². The van der Waals surface area contributed by atoms with Gasteiger partial charge in [-0.1, -0.05) is 32.1 Å². The van der Waals surface area contributed by atoms with Crippen LogP contribution in [0.15, 0.2) is 0 Å². The van der Waals surface area contributed by atoms with Gasteiger partial charge in [0.1, 0.15) is 12.1 Å². The number of piperazine rings is 1. The van der Waals surface area contributed by atoms with Gasteiger partial charge in [0.05, 0.1) is 13.4 Å². The SMILES string of the molecule is COC(=O)[C@H](CC1CCCCC1)NC(=O)[C@H]1CN(S(C)(=O)=O)CCN1C(=O)C1CCNCC1. The quantitative estimate of drug-likeness (QED) is 0.489. The molecule has 10 nitrogen and oxygen atoms in total. The number of ether oxygens (including phenoxy) is 1. The van der Waals surface area contributed by atoms with Crippen molar-refractivity contribution in [2.24, 2.45) is 11.8 Å². The Hall–Kier alpha value is -1.72. The third kappa shape index (κ3) is 6.89. The molecule has 0 unspecified atom stereocenters. The molecule has 2 atom stereocenters. The second-order valence-corrected chi connectivity index (χ2v) is 11.5. The normalized spacial score (nSPS) is 24.8. The molecule has 0 aromatic rings. The van der Waals surface area contributed by atoms with E-state index in [0.29, 0.717) is 25.2 Å². The number of rotatable bonds is 7. The van der Waals surface area contributed by atoms with Crippen molar-refractivity contribution in [1.29, 1.82) is 0 Å². The fraction of sp³-hybridized carbons (Fsp3) is 0.864. The molecule has 3 aliphatic rings. The molecule has 2 N–H and O–H groups in total. The minimum Gasteiger partial charge on any atom is -0.467 e. The first-order chi connectivity index (χ1) is 15.7. The number of carbonyl (C=O) groups excluding carboxylic acids is 3. The lowest BCUT2D eigenvalue weighted by atomic mass is 9.84. The highest BCUT2D eigenvalue weighted by Gasteiger charge is 2.41. The minimum atomic E-state index is -3.52. The van der Waals surface area contributed by atoms with Crippen LogP contribution in [0.1, 0.15) is 51.4 Å². The smallest absolute Gasteiger partial charge is 0.328 e. The maximum absolute atomic E-state index is 13.4. The number of amides is 2. The standard InChI is InChI=1S/C22H38N4O6S/c1-32-22(29)18(14-16-6-4-3-5-7-16)24-20(27)19-15-25(33(2,30)31)12-13-26(19)21(28)17-8-10-23-11-9-17/h16-19,23H,3-15H2,1-2H3,(H,24,27)/t18-,19+/m0/s1. The van der Waals surface area contributed by atoms with Crippen molar-refractivity contribution in [2.45, 2.75) is 63.5 Å². The Morgan fingerprint density at radius 3 is 2.33 bits per heavy atom. The first-order valence-electron chi connectivity index (χ1n) is 12.0. The molecule has 2 amide bonds. The summed E-state index contributed by atoms with van der Waals surface area (Å²) in [5, 5.41) is 6.03. The van der Waals surface area contributed by atoms with Crippen LogP contribution < -0.4 is 10.6 Å². The minimum absolute atomic E-state index is 0.112. The van der Waals surface area contributed by atoms with Gasteiger partial charge in [-0.05, 0) is 38.3 Å². The van der Waals surface area contributed by atoms with Gasteiger partial charge in [-0.3, -0.25) is 9.59 Å². The molecule has 0 aromatic carbocycles. The van der Waals surface area contributed by atoms with Crippen LogP contribution in [-0.4, -0.2) is 93.6 Å². The Kier molecular flexibility index (Phi) is 9.11. The Morgan fingerprint density at radius 2 is 1.73 bits per heavy atom. The van der Waals surface area contributed by atoms with Gasteiger partial charge >= 0.3 is 5.97 Å². The van der Waals surface area contributed by atoms with E-state index < -0.39 is 34.0 Å². The van der Waals surface area contributed by atoms with Crippen molar-refractivity contribution in [1.82, 2.24) is 19.8 Å². The number of esters is 1. The summed E-state index contributed by atoms with van der Waals surface area (Å²) in [7, 11) is -2.23. The van der Waals surface area contributed by atoms with Crippen LogP contribution in [0.2, 0.25) is 0 Å². The Bertz CT molecular complexity index is 808. The Balaban J connectivity index is 1.76. The first kappa shape index (κ1) is 25.9. The molecule has 1 saturated carbocycles. The molecule has 0 aromatic heterocycles. The van der Waals surface area contributed by atoms with Gasteiger partial charge in [0.25, 0.3) is 0 Å². The molecule has 2 aliphatic heterocycles. The van der Waals surface area contributed by atoms with Gasteiger partial charge in [0, 0.05) is 25.6 Å². The topological polar surface area (TPSA) is 125 Å². The molecule has 0 radical (unpaired) electrons. The highest BCUT2D eigenvalue weighted by Crippen LogP contribution is 2.28. The molecule has 33 heavy (non-hydrogen) atoms. The van der Waals surface area contributed by atoms with Crippen LogP contribution in [0.25, 0.3) is 0 Å². The van der Waals surface area contributed by atoms with Crippen LogP contribution in [0.4, 0.5) is 0 Å². The van der Waals surface area contributed by atoms with Crippen molar-refractivity contribution >= 4 is 27.8 Å². The van der Waals surface area contributed by atoms with E-state index in [1.807, 2.05) is 0 Å². The van der Waals surface area contributed by atoms with E-state index in [0.717, 1.165) is 45.0 Å². The lowest BCUT2D eigenvalue weighted by Crippen LogP contribution is -2.63. The monoisotopic (exact) mass is 486 g/mol. The van der Waals surface area contributed by atoms with Gasteiger partial charge in [-0.2, -0.15) is 4.31 Å². The van der Waals surface area contributed by atoms with E-state index >= 15 is 0 Å². The number of methoxy groups -OCH3 is 1. The van der Waals surface area contributed by atoms with Crippen LogP contribution in [0.3, 0.4) is 0 Å². The third-order valence-corrected chi connectivity index (χ3v) is 8.45. The maximum atomic E-state index is 13.4. The highest BCUT2D eigenvalue weighted by atomic mass is 32.2. The summed E-state index contributed by atoms with van der Waals surface area (Å²) < 4.78 is 30.5. The fourth-order valence-electron chi connectivity index (χ4n) is 5.23. The predicted molar refractivity (Wildman–Crippen MR) is 123 cm³/mol. The number of hydrogen-bond acceptors (Lipinski definition) is 7. The number of carbonyl (C=O) groups is 3. The van der Waals surface area contributed by atoms with E-state index in [1.165, 1.54) is 22.7 Å². The molecular formula is C22H38N4O6S. The first-order valence-corrected chi connectivity index (χ1v) is 13.9. The summed E-state index contributed by atoms with van der Waals surface area (Å²) in [5.41, 5.74) is 0. The molecule has 188 valence electrons. The summed E-state index contributed by atoms with van der Waals surface area (Å²) in [6.07, 6.45) is 8.38. The average molecular weight is 487 g/mol. The Labute approximate surface area is 196 Å². The lowest BCUT2D eigenvalue weighted by Gasteiger charge is -2.41. The lowest BCUT2D eigenvalue weighted by molar-refractivity contribution is -0.150. The summed E-state index contributed by atoms with van der Waals surface area (Å²) >= 11 is 0. The molecule has 2 saturated heterocycles. The van der Waals surface area contributed by atoms with Gasteiger partial charge in [-0.15, -0.1) is 0 Å². The largest absolute Gasteiger partial charge is 0.467 e. The number of nitrogens with one attached hydrogen (secondary N) is 2. The summed E-state index contributed by atoms with van der Waals surface area (Å²) in [4.78, 5) is 40.6. The zero-order valence-electron chi connectivity index (χ0n) is 19.8. The number of nitrogens with zero attached hydrogens (tertiary/aromatic N) is 2. The average Bonchev–Trinajstić information content (AvgIpc) is 2.82. The molecular weight excluding hydrogens is 448 g/mol. The molecule has 0 bridgehead atoms. The fourth-order valence-corrected chi connectivity index (χ4v) is 6.06. The van der Waals surface area contributed by atoms with Gasteiger partial charge in [-0.25, -0.2) is 13.2 Å². The summed E-state index contributed by atoms with van der Waals surface area (Å²) in [5.74, 6) is -0.996. The zero-order chi connectivity index (χ0) is 24.0. The van der Waals surface area contributed by atoms with Crippen LogP contribution in [0, 0.1) is 11.8 Å². The van der Waals surface area contributed by atoms with Gasteiger partial charge < -0.3 is 20.3 Å². The highest BCUT2D eigenvalue weighted by molar-refractivity contribution is 7.88. The van der Waals surface area contributed by atoms with Crippen molar-refractivity contribution in [3.05, 3.63) is 0 Å². The van der Waals surface area contributed by atoms with E-state index in [-0.39, 0.29) is 31.5 Å². The van der Waals surface area contributed by atoms with Crippen LogP contribution in [-0.2, 0) is 29.1 Å². The molecule has 2 heterocycles. The number of piperidine rings is 1. The van der Waals surface area contributed by atoms with Crippen LogP contribution >= 0.6 is 0 Å². The number of hydrogen-bond donors (Lipinski definition) is 2. The molecule has 0 spiro atoms. The van der Waals surface area contributed by atoms with E-state index in [2.05, 4.69) is 10.6 Å². The van der Waals surface area contributed by atoms with Crippen molar-refractivity contribution in [2.75, 3.05) is 46.1 Å². The van der Waals surface area contributed by atoms with Crippen molar-refractivity contribution < 1.29 is 27.5 Å². The molecule has 1 aliphatic carbocycles. The number of sulfonamides is 1. The van der Waals surface area contributed by atoms with E-state index in [1.54, 1.807) is 0 Å². The zero-order valence-corrected chi connectivity index (χ0v) is 20.6. The molecule has 3 fully saturated rings. The molecule has 11 heteroatoms. The van der Waals surface area contributed by atoms with Crippen molar-refractivity contribution in [3.8, 4) is 0 Å². The summed E-state index contributed by atoms with van der Waals surface area (Å²) in [6, 6.07) is -1.79. The van der Waals surface area contributed by atoms with E-state index in [9.17, 15) is 22.8 Å². The third-order valence-electron chi connectivity index (χ3n) is 7.18.